The number of rotatable bonds is 3. The summed E-state index contributed by atoms with van der Waals surface area (Å²) in [6.45, 7) is 4.31. The van der Waals surface area contributed by atoms with Gasteiger partial charge in [-0.05, 0) is 32.7 Å². The van der Waals surface area contributed by atoms with Gasteiger partial charge in [0.15, 0.2) is 0 Å². The molecule has 0 bridgehead atoms. The van der Waals surface area contributed by atoms with Crippen molar-refractivity contribution in [2.24, 2.45) is 0 Å². The van der Waals surface area contributed by atoms with Crippen LogP contribution in [0.3, 0.4) is 0 Å². The van der Waals surface area contributed by atoms with E-state index in [1.807, 2.05) is 0 Å². The maximum atomic E-state index is 4.68. The Bertz CT molecular complexity index is 374. The second-order valence-electron chi connectivity index (χ2n) is 5.08. The fourth-order valence-corrected chi connectivity index (χ4v) is 2.52. The molecule has 1 aromatic rings. The summed E-state index contributed by atoms with van der Waals surface area (Å²) in [5, 5.41) is 3.42. The fourth-order valence-electron chi connectivity index (χ4n) is 2.52. The van der Waals surface area contributed by atoms with Crippen molar-refractivity contribution in [1.29, 1.82) is 0 Å². The Hall–Kier alpha value is -1.03. The summed E-state index contributed by atoms with van der Waals surface area (Å²) >= 11 is 0. The highest BCUT2D eigenvalue weighted by molar-refractivity contribution is 5.35. The Labute approximate surface area is 96.7 Å². The van der Waals surface area contributed by atoms with E-state index in [2.05, 4.69) is 39.9 Å². The van der Waals surface area contributed by atoms with Gasteiger partial charge in [0.1, 0.15) is 0 Å². The van der Waals surface area contributed by atoms with Crippen molar-refractivity contribution >= 4 is 5.95 Å². The Morgan fingerprint density at radius 3 is 2.88 bits per heavy atom. The monoisotopic (exact) mass is 220 g/mol. The molecule has 1 atom stereocenters. The molecule has 0 amide bonds. The third-order valence-corrected chi connectivity index (χ3v) is 3.67. The van der Waals surface area contributed by atoms with Crippen LogP contribution in [-0.4, -0.2) is 35.7 Å². The lowest BCUT2D eigenvalue weighted by Crippen LogP contribution is -2.35. The van der Waals surface area contributed by atoms with E-state index in [4.69, 9.17) is 0 Å². The van der Waals surface area contributed by atoms with E-state index in [0.717, 1.165) is 24.7 Å². The van der Waals surface area contributed by atoms with E-state index >= 15 is 0 Å². The topological polar surface area (TPSA) is 33.1 Å². The van der Waals surface area contributed by atoms with Crippen molar-refractivity contribution in [2.75, 3.05) is 25.0 Å². The molecule has 4 heteroatoms. The third-order valence-electron chi connectivity index (χ3n) is 3.67. The Kier molecular flexibility index (Phi) is 2.39. The SMILES string of the molecule is Cc1cn(C2CC2)c(N(C)C2CCNC2)n1. The normalized spacial score (nSPS) is 25.0. The number of nitrogens with one attached hydrogen (secondary N) is 1. The third kappa shape index (κ3) is 1.71. The van der Waals surface area contributed by atoms with Gasteiger partial charge in [0.05, 0.1) is 5.69 Å². The Morgan fingerprint density at radius 2 is 2.25 bits per heavy atom. The smallest absolute Gasteiger partial charge is 0.206 e. The molecule has 3 rings (SSSR count). The highest BCUT2D eigenvalue weighted by atomic mass is 15.3. The van der Waals surface area contributed by atoms with Gasteiger partial charge < -0.3 is 14.8 Å². The zero-order valence-electron chi connectivity index (χ0n) is 10.1. The van der Waals surface area contributed by atoms with Crippen LogP contribution in [0.2, 0.25) is 0 Å². The zero-order valence-corrected chi connectivity index (χ0v) is 10.1. The maximum Gasteiger partial charge on any atom is 0.206 e. The van der Waals surface area contributed by atoms with Crippen molar-refractivity contribution in [3.05, 3.63) is 11.9 Å². The molecule has 16 heavy (non-hydrogen) atoms. The van der Waals surface area contributed by atoms with Crippen LogP contribution in [0.4, 0.5) is 5.95 Å². The molecule has 1 aromatic heterocycles. The average molecular weight is 220 g/mol. The van der Waals surface area contributed by atoms with E-state index in [0.29, 0.717) is 12.1 Å². The molecule has 1 aliphatic heterocycles. The molecule has 0 aromatic carbocycles. The average Bonchev–Trinajstić information content (AvgIpc) is 2.83. The van der Waals surface area contributed by atoms with Gasteiger partial charge in [-0.25, -0.2) is 4.98 Å². The van der Waals surface area contributed by atoms with Gasteiger partial charge in [0, 0.05) is 31.9 Å². The van der Waals surface area contributed by atoms with Gasteiger partial charge in [-0.2, -0.15) is 0 Å². The number of aryl methyl sites for hydroxylation is 1. The Balaban J connectivity index is 1.85. The van der Waals surface area contributed by atoms with Crippen LogP contribution in [0.5, 0.6) is 0 Å². The van der Waals surface area contributed by atoms with E-state index < -0.39 is 0 Å². The largest absolute Gasteiger partial charge is 0.341 e. The van der Waals surface area contributed by atoms with Crippen LogP contribution in [0.25, 0.3) is 0 Å². The molecule has 1 N–H and O–H groups in total. The minimum Gasteiger partial charge on any atom is -0.341 e. The van der Waals surface area contributed by atoms with E-state index in [9.17, 15) is 0 Å². The first-order valence-electron chi connectivity index (χ1n) is 6.25. The molecule has 2 fully saturated rings. The van der Waals surface area contributed by atoms with Gasteiger partial charge in [-0.15, -0.1) is 0 Å². The van der Waals surface area contributed by atoms with Gasteiger partial charge in [-0.1, -0.05) is 0 Å². The van der Waals surface area contributed by atoms with Gasteiger partial charge in [0.25, 0.3) is 0 Å². The van der Waals surface area contributed by atoms with E-state index in [1.165, 1.54) is 19.3 Å². The molecular weight excluding hydrogens is 200 g/mol. The zero-order chi connectivity index (χ0) is 11.1. The number of aromatic nitrogens is 2. The number of hydrogen-bond donors (Lipinski definition) is 1. The molecule has 2 aliphatic rings. The van der Waals surface area contributed by atoms with Crippen molar-refractivity contribution in [2.45, 2.75) is 38.3 Å². The lowest BCUT2D eigenvalue weighted by Gasteiger charge is -2.25. The number of anilines is 1. The summed E-state index contributed by atoms with van der Waals surface area (Å²) in [7, 11) is 2.18. The summed E-state index contributed by atoms with van der Waals surface area (Å²) in [5.41, 5.74) is 1.14. The summed E-state index contributed by atoms with van der Waals surface area (Å²) in [5.74, 6) is 1.16. The number of imidazole rings is 1. The Morgan fingerprint density at radius 1 is 1.44 bits per heavy atom. The first-order chi connectivity index (χ1) is 7.75. The molecular formula is C12H20N4. The number of hydrogen-bond acceptors (Lipinski definition) is 3. The quantitative estimate of drug-likeness (QED) is 0.834. The van der Waals surface area contributed by atoms with Crippen LogP contribution < -0.4 is 10.2 Å². The molecule has 1 aliphatic carbocycles. The van der Waals surface area contributed by atoms with E-state index in [-0.39, 0.29) is 0 Å². The predicted molar refractivity (Wildman–Crippen MR) is 64.9 cm³/mol. The predicted octanol–water partition coefficient (Wildman–Crippen LogP) is 1.32. The molecule has 1 saturated carbocycles. The molecule has 4 nitrogen and oxygen atoms in total. The molecule has 2 heterocycles. The standard InChI is InChI=1S/C12H20N4/c1-9-8-16(10-3-4-10)12(14-9)15(2)11-5-6-13-7-11/h8,10-11,13H,3-7H2,1-2H3. The number of nitrogens with zero attached hydrogens (tertiary/aromatic N) is 3. The lowest BCUT2D eigenvalue weighted by atomic mass is 10.2. The van der Waals surface area contributed by atoms with Gasteiger partial charge >= 0.3 is 0 Å². The first-order valence-corrected chi connectivity index (χ1v) is 6.25. The van der Waals surface area contributed by atoms with Gasteiger partial charge in [0.2, 0.25) is 5.95 Å². The highest BCUT2D eigenvalue weighted by Crippen LogP contribution is 2.38. The van der Waals surface area contributed by atoms with Crippen molar-refractivity contribution in [1.82, 2.24) is 14.9 Å². The second-order valence-corrected chi connectivity index (χ2v) is 5.08. The first kappa shape index (κ1) is 10.1. The molecule has 1 saturated heterocycles. The maximum absolute atomic E-state index is 4.68. The lowest BCUT2D eigenvalue weighted by molar-refractivity contribution is 0.632. The van der Waals surface area contributed by atoms with Crippen molar-refractivity contribution < 1.29 is 0 Å². The highest BCUT2D eigenvalue weighted by Gasteiger charge is 2.30. The summed E-state index contributed by atoms with van der Waals surface area (Å²) < 4.78 is 2.37. The number of likely N-dealkylation sites (N-methyl/N-ethyl adjacent to an activating group) is 1. The molecule has 1 unspecified atom stereocenters. The minimum absolute atomic E-state index is 0.610. The molecule has 0 spiro atoms. The van der Waals surface area contributed by atoms with E-state index in [1.54, 1.807) is 0 Å². The van der Waals surface area contributed by atoms with Crippen molar-refractivity contribution in [3.63, 3.8) is 0 Å². The van der Waals surface area contributed by atoms with Gasteiger partial charge in [-0.3, -0.25) is 0 Å². The van der Waals surface area contributed by atoms with Crippen LogP contribution in [0.1, 0.15) is 31.0 Å². The summed E-state index contributed by atoms with van der Waals surface area (Å²) in [6.07, 6.45) is 6.07. The van der Waals surface area contributed by atoms with Crippen LogP contribution in [0.15, 0.2) is 6.20 Å². The van der Waals surface area contributed by atoms with Crippen LogP contribution in [-0.2, 0) is 0 Å². The van der Waals surface area contributed by atoms with Crippen LogP contribution >= 0.6 is 0 Å². The summed E-state index contributed by atoms with van der Waals surface area (Å²) in [6, 6.07) is 1.33. The molecule has 88 valence electrons. The summed E-state index contributed by atoms with van der Waals surface area (Å²) in [4.78, 5) is 7.03. The van der Waals surface area contributed by atoms with Crippen LogP contribution in [0, 0.1) is 6.92 Å². The second kappa shape index (κ2) is 3.77. The fraction of sp³-hybridized carbons (Fsp3) is 0.750. The van der Waals surface area contributed by atoms with Crippen molar-refractivity contribution in [3.8, 4) is 0 Å². The minimum atomic E-state index is 0.610. The molecule has 0 radical (unpaired) electrons.